The first-order chi connectivity index (χ1) is 12.0. The van der Waals surface area contributed by atoms with E-state index in [9.17, 15) is 4.79 Å². The van der Waals surface area contributed by atoms with Gasteiger partial charge in [-0.05, 0) is 49.7 Å². The molecule has 0 aliphatic rings. The third kappa shape index (κ3) is 5.14. The summed E-state index contributed by atoms with van der Waals surface area (Å²) in [4.78, 5) is 14.4. The summed E-state index contributed by atoms with van der Waals surface area (Å²) < 4.78 is 11.1. The molecule has 134 valence electrons. The van der Waals surface area contributed by atoms with Crippen molar-refractivity contribution in [2.24, 2.45) is 0 Å². The number of hydrogen-bond donors (Lipinski definition) is 1. The molecular weight excluding hydrogens is 316 g/mol. The van der Waals surface area contributed by atoms with Gasteiger partial charge in [0.2, 0.25) is 0 Å². The van der Waals surface area contributed by atoms with Crippen LogP contribution < -0.4 is 19.7 Å². The molecule has 2 aromatic carbocycles. The highest BCUT2D eigenvalue weighted by Gasteiger charge is 2.11. The maximum absolute atomic E-state index is 12.4. The molecule has 0 atom stereocenters. The molecule has 5 heteroatoms. The number of hydrogen-bond acceptors (Lipinski definition) is 4. The molecule has 5 nitrogen and oxygen atoms in total. The van der Waals surface area contributed by atoms with Crippen molar-refractivity contribution in [3.63, 3.8) is 0 Å². The number of anilines is 1. The average molecular weight is 342 g/mol. The zero-order valence-corrected chi connectivity index (χ0v) is 15.3. The van der Waals surface area contributed by atoms with Crippen molar-refractivity contribution in [3.05, 3.63) is 53.6 Å². The van der Waals surface area contributed by atoms with Gasteiger partial charge in [0.15, 0.2) is 11.5 Å². The smallest absolute Gasteiger partial charge is 0.251 e. The fourth-order valence-corrected chi connectivity index (χ4v) is 2.39. The second kappa shape index (κ2) is 8.97. The Labute approximate surface area is 149 Å². The molecule has 2 aromatic rings. The molecule has 0 saturated carbocycles. The monoisotopic (exact) mass is 342 g/mol. The van der Waals surface area contributed by atoms with Crippen molar-refractivity contribution in [1.82, 2.24) is 5.32 Å². The van der Waals surface area contributed by atoms with Crippen molar-refractivity contribution in [2.75, 3.05) is 32.2 Å². The standard InChI is InChI=1S/C20H26N2O3/c1-5-24-18-12-9-16(13-19(18)25-6-2)20(23)21-14-15-7-10-17(11-8-15)22(3)4/h7-13H,5-6,14H2,1-4H3,(H,21,23). The van der Waals surface area contributed by atoms with Crippen LogP contribution in [0.2, 0.25) is 0 Å². The minimum atomic E-state index is -0.138. The van der Waals surface area contributed by atoms with Gasteiger partial charge in [-0.15, -0.1) is 0 Å². The van der Waals surface area contributed by atoms with Gasteiger partial charge in [-0.25, -0.2) is 0 Å². The van der Waals surface area contributed by atoms with Gasteiger partial charge in [-0.1, -0.05) is 12.1 Å². The molecule has 0 bridgehead atoms. The summed E-state index contributed by atoms with van der Waals surface area (Å²) in [5.41, 5.74) is 2.73. The van der Waals surface area contributed by atoms with Crippen LogP contribution in [0.5, 0.6) is 11.5 Å². The second-order valence-corrected chi connectivity index (χ2v) is 5.77. The van der Waals surface area contributed by atoms with Crippen LogP contribution in [-0.4, -0.2) is 33.2 Å². The maximum Gasteiger partial charge on any atom is 0.251 e. The predicted molar refractivity (Wildman–Crippen MR) is 101 cm³/mol. The molecule has 1 amide bonds. The lowest BCUT2D eigenvalue weighted by Crippen LogP contribution is -2.23. The van der Waals surface area contributed by atoms with Crippen LogP contribution in [0.4, 0.5) is 5.69 Å². The van der Waals surface area contributed by atoms with Gasteiger partial charge in [0.05, 0.1) is 13.2 Å². The van der Waals surface area contributed by atoms with Gasteiger partial charge >= 0.3 is 0 Å². The van der Waals surface area contributed by atoms with Crippen LogP contribution >= 0.6 is 0 Å². The number of carbonyl (C=O) groups is 1. The molecule has 0 aliphatic heterocycles. The zero-order chi connectivity index (χ0) is 18.2. The zero-order valence-electron chi connectivity index (χ0n) is 15.3. The first-order valence-electron chi connectivity index (χ1n) is 8.49. The Bertz CT molecular complexity index is 697. The van der Waals surface area contributed by atoms with E-state index < -0.39 is 0 Å². The molecule has 0 aliphatic carbocycles. The minimum absolute atomic E-state index is 0.138. The average Bonchev–Trinajstić information content (AvgIpc) is 2.62. The highest BCUT2D eigenvalue weighted by atomic mass is 16.5. The summed E-state index contributed by atoms with van der Waals surface area (Å²) in [5.74, 6) is 1.10. The Morgan fingerprint density at radius 2 is 1.60 bits per heavy atom. The van der Waals surface area contributed by atoms with E-state index in [0.717, 1.165) is 11.3 Å². The van der Waals surface area contributed by atoms with E-state index in [2.05, 4.69) is 5.32 Å². The highest BCUT2D eigenvalue weighted by Crippen LogP contribution is 2.28. The van der Waals surface area contributed by atoms with Gasteiger partial charge in [-0.3, -0.25) is 4.79 Å². The first kappa shape index (κ1) is 18.6. The summed E-state index contributed by atoms with van der Waals surface area (Å²) in [6, 6.07) is 13.3. The van der Waals surface area contributed by atoms with E-state index in [1.54, 1.807) is 18.2 Å². The van der Waals surface area contributed by atoms with Gasteiger partial charge in [0.1, 0.15) is 0 Å². The molecule has 0 unspecified atom stereocenters. The summed E-state index contributed by atoms with van der Waals surface area (Å²) >= 11 is 0. The van der Waals surface area contributed by atoms with E-state index in [1.165, 1.54) is 0 Å². The van der Waals surface area contributed by atoms with Gasteiger partial charge in [0.25, 0.3) is 5.91 Å². The first-order valence-corrected chi connectivity index (χ1v) is 8.49. The quantitative estimate of drug-likeness (QED) is 0.798. The Morgan fingerprint density at radius 3 is 2.20 bits per heavy atom. The molecule has 0 radical (unpaired) electrons. The molecule has 0 fully saturated rings. The molecule has 0 spiro atoms. The van der Waals surface area contributed by atoms with E-state index in [4.69, 9.17) is 9.47 Å². The van der Waals surface area contributed by atoms with Crippen molar-refractivity contribution in [2.45, 2.75) is 20.4 Å². The maximum atomic E-state index is 12.4. The Hall–Kier alpha value is -2.69. The number of nitrogens with zero attached hydrogens (tertiary/aromatic N) is 1. The van der Waals surface area contributed by atoms with Gasteiger partial charge in [0, 0.05) is 31.9 Å². The van der Waals surface area contributed by atoms with Crippen LogP contribution in [0.15, 0.2) is 42.5 Å². The third-order valence-corrected chi connectivity index (χ3v) is 3.71. The molecule has 0 heterocycles. The third-order valence-electron chi connectivity index (χ3n) is 3.71. The number of nitrogens with one attached hydrogen (secondary N) is 1. The predicted octanol–water partition coefficient (Wildman–Crippen LogP) is 3.48. The summed E-state index contributed by atoms with van der Waals surface area (Å²) in [6.07, 6.45) is 0. The number of ether oxygens (including phenoxy) is 2. The normalized spacial score (nSPS) is 10.2. The van der Waals surface area contributed by atoms with Crippen LogP contribution in [0.3, 0.4) is 0 Å². The summed E-state index contributed by atoms with van der Waals surface area (Å²) in [6.45, 7) is 5.36. The molecule has 2 rings (SSSR count). The lowest BCUT2D eigenvalue weighted by atomic mass is 10.1. The van der Waals surface area contributed by atoms with E-state index in [0.29, 0.717) is 36.8 Å². The lowest BCUT2D eigenvalue weighted by molar-refractivity contribution is 0.0950. The van der Waals surface area contributed by atoms with Crippen molar-refractivity contribution in [1.29, 1.82) is 0 Å². The molecule has 0 aromatic heterocycles. The fraction of sp³-hybridized carbons (Fsp3) is 0.350. The van der Waals surface area contributed by atoms with Crippen LogP contribution in [0, 0.1) is 0 Å². The van der Waals surface area contributed by atoms with Gasteiger partial charge < -0.3 is 19.7 Å². The Morgan fingerprint density at radius 1 is 0.960 bits per heavy atom. The number of benzene rings is 2. The van der Waals surface area contributed by atoms with E-state index in [-0.39, 0.29) is 5.91 Å². The summed E-state index contributed by atoms with van der Waals surface area (Å²) in [5, 5.41) is 2.94. The minimum Gasteiger partial charge on any atom is -0.490 e. The van der Waals surface area contributed by atoms with Crippen LogP contribution in [-0.2, 0) is 6.54 Å². The fourth-order valence-electron chi connectivity index (χ4n) is 2.39. The lowest BCUT2D eigenvalue weighted by Gasteiger charge is -2.14. The number of rotatable bonds is 8. The van der Waals surface area contributed by atoms with Crippen molar-refractivity contribution in [3.8, 4) is 11.5 Å². The molecular formula is C20H26N2O3. The van der Waals surface area contributed by atoms with Gasteiger partial charge in [-0.2, -0.15) is 0 Å². The topological polar surface area (TPSA) is 50.8 Å². The summed E-state index contributed by atoms with van der Waals surface area (Å²) in [7, 11) is 4.00. The van der Waals surface area contributed by atoms with Crippen LogP contribution in [0.1, 0.15) is 29.8 Å². The van der Waals surface area contributed by atoms with Crippen molar-refractivity contribution >= 4 is 11.6 Å². The Balaban J connectivity index is 2.03. The highest BCUT2D eigenvalue weighted by molar-refractivity contribution is 5.94. The molecule has 0 saturated heterocycles. The SMILES string of the molecule is CCOc1ccc(C(=O)NCc2ccc(N(C)C)cc2)cc1OCC. The largest absolute Gasteiger partial charge is 0.490 e. The molecule has 1 N–H and O–H groups in total. The molecule has 25 heavy (non-hydrogen) atoms. The second-order valence-electron chi connectivity index (χ2n) is 5.77. The Kier molecular flexibility index (Phi) is 6.69. The van der Waals surface area contributed by atoms with Crippen molar-refractivity contribution < 1.29 is 14.3 Å². The van der Waals surface area contributed by atoms with E-state index >= 15 is 0 Å². The van der Waals surface area contributed by atoms with Crippen LogP contribution in [0.25, 0.3) is 0 Å². The van der Waals surface area contributed by atoms with E-state index in [1.807, 2.05) is 57.1 Å². The number of amides is 1. The number of carbonyl (C=O) groups excluding carboxylic acids is 1.